The first-order valence-corrected chi connectivity index (χ1v) is 10.8. The van der Waals surface area contributed by atoms with Gasteiger partial charge in [-0.1, -0.05) is 18.2 Å². The summed E-state index contributed by atoms with van der Waals surface area (Å²) in [7, 11) is 0. The minimum Gasteiger partial charge on any atom is -0.379 e. The number of benzene rings is 1. The molecule has 2 aliphatic rings. The Balaban J connectivity index is 1.50. The van der Waals surface area contributed by atoms with Gasteiger partial charge in [0.15, 0.2) is 0 Å². The number of rotatable bonds is 6. The van der Waals surface area contributed by atoms with Gasteiger partial charge in [-0.15, -0.1) is 0 Å². The second-order valence-corrected chi connectivity index (χ2v) is 8.73. The first-order valence-electron chi connectivity index (χ1n) is 10.8. The Morgan fingerprint density at radius 2 is 1.79 bits per heavy atom. The molecule has 0 atom stereocenters. The summed E-state index contributed by atoms with van der Waals surface area (Å²) in [6.45, 7) is 12.4. The Morgan fingerprint density at radius 1 is 1.04 bits per heavy atom. The molecule has 5 heteroatoms. The molecule has 1 aromatic heterocycles. The third-order valence-electron chi connectivity index (χ3n) is 6.18. The smallest absolute Gasteiger partial charge is 0.133 e. The van der Waals surface area contributed by atoms with E-state index in [9.17, 15) is 0 Å². The molecule has 0 saturated carbocycles. The van der Waals surface area contributed by atoms with Crippen molar-refractivity contribution in [2.45, 2.75) is 45.2 Å². The van der Waals surface area contributed by atoms with E-state index in [0.717, 1.165) is 58.0 Å². The number of pyridine rings is 1. The number of para-hydroxylation sites is 1. The van der Waals surface area contributed by atoms with Crippen LogP contribution < -0.4 is 10.2 Å². The van der Waals surface area contributed by atoms with Crippen molar-refractivity contribution in [2.75, 3.05) is 50.8 Å². The lowest BCUT2D eigenvalue weighted by molar-refractivity contribution is -0.00966. The van der Waals surface area contributed by atoms with Crippen LogP contribution in [0.15, 0.2) is 30.3 Å². The first kappa shape index (κ1) is 19.6. The van der Waals surface area contributed by atoms with Gasteiger partial charge in [-0.3, -0.25) is 4.90 Å². The molecule has 0 unspecified atom stereocenters. The summed E-state index contributed by atoms with van der Waals surface area (Å²) in [4.78, 5) is 10.1. The molecule has 1 aromatic carbocycles. The standard InChI is InChI=1S/C23H34N4O/c1-23(2,27-12-14-28-15-13-27)18-24-17-20-16-19-8-4-5-9-21(19)25-22(20)26-10-6-3-7-11-26/h4-5,8-9,16,24H,3,6-7,10-15,17-18H2,1-2H3. The summed E-state index contributed by atoms with van der Waals surface area (Å²) in [6, 6.07) is 10.8. The number of aromatic nitrogens is 1. The molecule has 3 heterocycles. The lowest BCUT2D eigenvalue weighted by atomic mass is 10.0. The number of fused-ring (bicyclic) bond motifs is 1. The molecule has 5 nitrogen and oxygen atoms in total. The van der Waals surface area contributed by atoms with Crippen LogP contribution in [0.4, 0.5) is 5.82 Å². The van der Waals surface area contributed by atoms with Crippen molar-refractivity contribution in [2.24, 2.45) is 0 Å². The number of morpholine rings is 1. The number of hydrogen-bond acceptors (Lipinski definition) is 5. The molecule has 2 aromatic rings. The van der Waals surface area contributed by atoms with E-state index in [-0.39, 0.29) is 5.54 Å². The number of piperidine rings is 1. The van der Waals surface area contributed by atoms with Gasteiger partial charge in [-0.05, 0) is 45.2 Å². The highest BCUT2D eigenvalue weighted by atomic mass is 16.5. The average Bonchev–Trinajstić information content (AvgIpc) is 2.74. The molecule has 0 amide bonds. The van der Waals surface area contributed by atoms with Crippen LogP contribution in [0.1, 0.15) is 38.7 Å². The van der Waals surface area contributed by atoms with Gasteiger partial charge in [0, 0.05) is 55.8 Å². The number of nitrogens with zero attached hydrogens (tertiary/aromatic N) is 3. The van der Waals surface area contributed by atoms with Gasteiger partial charge in [-0.2, -0.15) is 0 Å². The van der Waals surface area contributed by atoms with E-state index in [1.165, 1.54) is 36.0 Å². The van der Waals surface area contributed by atoms with E-state index in [1.807, 2.05) is 0 Å². The fraction of sp³-hybridized carbons (Fsp3) is 0.609. The lowest BCUT2D eigenvalue weighted by Gasteiger charge is -2.41. The van der Waals surface area contributed by atoms with E-state index in [2.05, 4.69) is 59.3 Å². The Hall–Kier alpha value is -1.69. The van der Waals surface area contributed by atoms with Gasteiger partial charge < -0.3 is 15.0 Å². The van der Waals surface area contributed by atoms with Crippen molar-refractivity contribution >= 4 is 16.7 Å². The zero-order valence-electron chi connectivity index (χ0n) is 17.4. The van der Waals surface area contributed by atoms with Crippen LogP contribution in [0.25, 0.3) is 10.9 Å². The zero-order valence-corrected chi connectivity index (χ0v) is 17.4. The molecule has 28 heavy (non-hydrogen) atoms. The van der Waals surface area contributed by atoms with Crippen molar-refractivity contribution < 1.29 is 4.74 Å². The number of anilines is 1. The maximum Gasteiger partial charge on any atom is 0.133 e. The van der Waals surface area contributed by atoms with E-state index in [1.54, 1.807) is 0 Å². The highest BCUT2D eigenvalue weighted by Crippen LogP contribution is 2.26. The fourth-order valence-corrected chi connectivity index (χ4v) is 4.44. The molecule has 0 aliphatic carbocycles. The van der Waals surface area contributed by atoms with Crippen molar-refractivity contribution in [3.05, 3.63) is 35.9 Å². The monoisotopic (exact) mass is 382 g/mol. The summed E-state index contributed by atoms with van der Waals surface area (Å²) >= 11 is 0. The summed E-state index contributed by atoms with van der Waals surface area (Å²) in [5.41, 5.74) is 2.54. The molecule has 2 fully saturated rings. The van der Waals surface area contributed by atoms with Gasteiger partial charge in [0.2, 0.25) is 0 Å². The predicted octanol–water partition coefficient (Wildman–Crippen LogP) is 3.43. The summed E-state index contributed by atoms with van der Waals surface area (Å²) in [5, 5.41) is 4.96. The van der Waals surface area contributed by atoms with Crippen LogP contribution in [0.5, 0.6) is 0 Å². The maximum absolute atomic E-state index is 5.52. The van der Waals surface area contributed by atoms with Crippen LogP contribution in [0.2, 0.25) is 0 Å². The normalized spacial score (nSPS) is 19.3. The lowest BCUT2D eigenvalue weighted by Crippen LogP contribution is -2.54. The molecule has 2 saturated heterocycles. The van der Waals surface area contributed by atoms with Gasteiger partial charge >= 0.3 is 0 Å². The summed E-state index contributed by atoms with van der Waals surface area (Å²) < 4.78 is 5.52. The predicted molar refractivity (Wildman–Crippen MR) is 116 cm³/mol. The summed E-state index contributed by atoms with van der Waals surface area (Å²) in [6.07, 6.45) is 3.88. The number of nitrogens with one attached hydrogen (secondary N) is 1. The van der Waals surface area contributed by atoms with Crippen molar-refractivity contribution in [3.63, 3.8) is 0 Å². The van der Waals surface area contributed by atoms with Crippen LogP contribution >= 0.6 is 0 Å². The Morgan fingerprint density at radius 3 is 2.57 bits per heavy atom. The van der Waals surface area contributed by atoms with Crippen LogP contribution in [0.3, 0.4) is 0 Å². The maximum atomic E-state index is 5.52. The zero-order chi connectivity index (χ0) is 19.4. The molecular weight excluding hydrogens is 348 g/mol. The summed E-state index contributed by atoms with van der Waals surface area (Å²) in [5.74, 6) is 1.18. The van der Waals surface area contributed by atoms with Gasteiger partial charge in [0.25, 0.3) is 0 Å². The fourth-order valence-electron chi connectivity index (χ4n) is 4.44. The second kappa shape index (κ2) is 8.76. The van der Waals surface area contributed by atoms with E-state index in [4.69, 9.17) is 9.72 Å². The van der Waals surface area contributed by atoms with Crippen molar-refractivity contribution in [3.8, 4) is 0 Å². The molecule has 0 spiro atoms. The highest BCUT2D eigenvalue weighted by Gasteiger charge is 2.28. The number of ether oxygens (including phenoxy) is 1. The quantitative estimate of drug-likeness (QED) is 0.829. The molecule has 0 bridgehead atoms. The topological polar surface area (TPSA) is 40.6 Å². The molecule has 2 aliphatic heterocycles. The number of hydrogen-bond donors (Lipinski definition) is 1. The molecule has 1 N–H and O–H groups in total. The van der Waals surface area contributed by atoms with E-state index < -0.39 is 0 Å². The Labute approximate surface area is 169 Å². The Kier molecular flexibility index (Phi) is 6.14. The minimum atomic E-state index is 0.124. The minimum absolute atomic E-state index is 0.124. The van der Waals surface area contributed by atoms with Crippen LogP contribution in [-0.2, 0) is 11.3 Å². The van der Waals surface area contributed by atoms with Gasteiger partial charge in [0.05, 0.1) is 18.7 Å². The average molecular weight is 383 g/mol. The van der Waals surface area contributed by atoms with Crippen LogP contribution in [0, 0.1) is 0 Å². The molecular formula is C23H34N4O. The van der Waals surface area contributed by atoms with Crippen LogP contribution in [-0.4, -0.2) is 61.4 Å². The molecule has 0 radical (unpaired) electrons. The first-order chi connectivity index (χ1) is 13.6. The SMILES string of the molecule is CC(C)(CNCc1cc2ccccc2nc1N1CCCCC1)N1CCOCC1. The van der Waals surface area contributed by atoms with Gasteiger partial charge in [-0.25, -0.2) is 4.98 Å². The molecule has 4 rings (SSSR count). The highest BCUT2D eigenvalue weighted by molar-refractivity contribution is 5.81. The van der Waals surface area contributed by atoms with E-state index >= 15 is 0 Å². The van der Waals surface area contributed by atoms with Crippen molar-refractivity contribution in [1.82, 2.24) is 15.2 Å². The third kappa shape index (κ3) is 4.48. The Bertz CT molecular complexity index is 779. The molecule has 152 valence electrons. The second-order valence-electron chi connectivity index (χ2n) is 8.73. The van der Waals surface area contributed by atoms with E-state index in [0.29, 0.717) is 0 Å². The van der Waals surface area contributed by atoms with Gasteiger partial charge in [0.1, 0.15) is 5.82 Å². The van der Waals surface area contributed by atoms with Crippen molar-refractivity contribution in [1.29, 1.82) is 0 Å². The third-order valence-corrected chi connectivity index (χ3v) is 6.18. The largest absolute Gasteiger partial charge is 0.379 e.